The highest BCUT2D eigenvalue weighted by Crippen LogP contribution is 2.29. The highest BCUT2D eigenvalue weighted by molar-refractivity contribution is 6.32. The number of rotatable bonds is 2. The second-order valence-electron chi connectivity index (χ2n) is 2.01. The first kappa shape index (κ1) is 8.73. The molecule has 0 spiro atoms. The Balaban J connectivity index is 3.29. The highest BCUT2D eigenvalue weighted by Gasteiger charge is 2.18. The normalized spacial score (nSPS) is 9.50. The standard InChI is InChI=1S/C6H6ClN3O2/c1-8-4-2-3-9-6(7)5(4)10(11)12/h2-3H,1H3,(H,8,9). The topological polar surface area (TPSA) is 68.1 Å². The lowest BCUT2D eigenvalue weighted by Gasteiger charge is -2.00. The van der Waals surface area contributed by atoms with Crippen molar-refractivity contribution in [1.82, 2.24) is 4.98 Å². The van der Waals surface area contributed by atoms with E-state index in [4.69, 9.17) is 11.6 Å². The largest absolute Gasteiger partial charge is 0.382 e. The van der Waals surface area contributed by atoms with Crippen molar-refractivity contribution >= 4 is 23.0 Å². The van der Waals surface area contributed by atoms with Crippen molar-refractivity contribution in [1.29, 1.82) is 0 Å². The summed E-state index contributed by atoms with van der Waals surface area (Å²) >= 11 is 5.51. The molecule has 12 heavy (non-hydrogen) atoms. The summed E-state index contributed by atoms with van der Waals surface area (Å²) in [6, 6.07) is 1.49. The van der Waals surface area contributed by atoms with E-state index < -0.39 is 4.92 Å². The first-order valence-electron chi connectivity index (χ1n) is 3.13. The molecule has 0 amide bonds. The van der Waals surface area contributed by atoms with Crippen LogP contribution in [-0.2, 0) is 0 Å². The van der Waals surface area contributed by atoms with Crippen LogP contribution in [0.5, 0.6) is 0 Å². The van der Waals surface area contributed by atoms with Gasteiger partial charge in [0.05, 0.1) is 4.92 Å². The third-order valence-corrected chi connectivity index (χ3v) is 1.61. The maximum absolute atomic E-state index is 10.4. The molecule has 0 unspecified atom stereocenters. The van der Waals surface area contributed by atoms with Gasteiger partial charge in [-0.05, 0) is 6.07 Å². The van der Waals surface area contributed by atoms with Crippen molar-refractivity contribution < 1.29 is 4.92 Å². The Morgan fingerprint density at radius 3 is 2.83 bits per heavy atom. The molecule has 1 aromatic rings. The van der Waals surface area contributed by atoms with E-state index in [0.717, 1.165) is 0 Å². The van der Waals surface area contributed by atoms with E-state index in [1.165, 1.54) is 12.3 Å². The number of aromatic nitrogens is 1. The smallest absolute Gasteiger partial charge is 0.329 e. The van der Waals surface area contributed by atoms with Gasteiger partial charge in [0.25, 0.3) is 0 Å². The molecule has 1 rings (SSSR count). The summed E-state index contributed by atoms with van der Waals surface area (Å²) in [6.45, 7) is 0. The van der Waals surface area contributed by atoms with Crippen LogP contribution < -0.4 is 5.32 Å². The summed E-state index contributed by atoms with van der Waals surface area (Å²) in [5, 5.41) is 13.0. The quantitative estimate of drug-likeness (QED) is 0.435. The van der Waals surface area contributed by atoms with Gasteiger partial charge in [-0.1, -0.05) is 11.6 Å². The van der Waals surface area contributed by atoms with E-state index in [9.17, 15) is 10.1 Å². The van der Waals surface area contributed by atoms with Gasteiger partial charge in [-0.25, -0.2) is 4.98 Å². The molecule has 5 nitrogen and oxygen atoms in total. The summed E-state index contributed by atoms with van der Waals surface area (Å²) in [7, 11) is 1.58. The Morgan fingerprint density at radius 1 is 1.75 bits per heavy atom. The third kappa shape index (κ3) is 1.45. The van der Waals surface area contributed by atoms with Crippen LogP contribution in [0.15, 0.2) is 12.3 Å². The summed E-state index contributed by atoms with van der Waals surface area (Å²) < 4.78 is 0. The van der Waals surface area contributed by atoms with Crippen LogP contribution in [0.25, 0.3) is 0 Å². The van der Waals surface area contributed by atoms with Crippen LogP contribution in [0.3, 0.4) is 0 Å². The van der Waals surface area contributed by atoms with E-state index in [2.05, 4.69) is 10.3 Å². The van der Waals surface area contributed by atoms with Gasteiger partial charge in [0.15, 0.2) is 0 Å². The molecule has 0 aliphatic heterocycles. The number of pyridine rings is 1. The van der Waals surface area contributed by atoms with Gasteiger partial charge in [-0.2, -0.15) is 0 Å². The molecule has 0 bridgehead atoms. The number of nitrogens with zero attached hydrogens (tertiary/aromatic N) is 2. The molecule has 0 saturated heterocycles. The molecule has 0 radical (unpaired) electrons. The summed E-state index contributed by atoms with van der Waals surface area (Å²) in [5.41, 5.74) is 0.168. The van der Waals surface area contributed by atoms with Gasteiger partial charge in [0.1, 0.15) is 5.69 Å². The second kappa shape index (κ2) is 3.36. The summed E-state index contributed by atoms with van der Waals surface area (Å²) in [4.78, 5) is 13.5. The lowest BCUT2D eigenvalue weighted by Crippen LogP contribution is -1.98. The SMILES string of the molecule is CNc1ccnc(Cl)c1[N+](=O)[O-]. The molecule has 64 valence electrons. The van der Waals surface area contributed by atoms with Gasteiger partial charge in [0, 0.05) is 13.2 Å². The van der Waals surface area contributed by atoms with Crippen molar-refractivity contribution in [2.75, 3.05) is 12.4 Å². The molecular weight excluding hydrogens is 182 g/mol. The van der Waals surface area contributed by atoms with Crippen LogP contribution in [0.4, 0.5) is 11.4 Å². The van der Waals surface area contributed by atoms with Crippen molar-refractivity contribution in [2.24, 2.45) is 0 Å². The number of nitrogens with one attached hydrogen (secondary N) is 1. The molecule has 1 heterocycles. The van der Waals surface area contributed by atoms with Crippen LogP contribution >= 0.6 is 11.6 Å². The van der Waals surface area contributed by atoms with Crippen molar-refractivity contribution in [3.05, 3.63) is 27.5 Å². The maximum Gasteiger partial charge on any atom is 0.329 e. The van der Waals surface area contributed by atoms with Crippen LogP contribution in [-0.4, -0.2) is 17.0 Å². The molecule has 6 heteroatoms. The third-order valence-electron chi connectivity index (χ3n) is 1.33. The van der Waals surface area contributed by atoms with Gasteiger partial charge in [-0.15, -0.1) is 0 Å². The minimum absolute atomic E-state index is 0.105. The fourth-order valence-corrected chi connectivity index (χ4v) is 1.03. The first-order valence-corrected chi connectivity index (χ1v) is 3.51. The molecule has 0 saturated carbocycles. The second-order valence-corrected chi connectivity index (χ2v) is 2.36. The number of anilines is 1. The van der Waals surface area contributed by atoms with E-state index >= 15 is 0 Å². The average Bonchev–Trinajstić information content (AvgIpc) is 2.03. The highest BCUT2D eigenvalue weighted by atomic mass is 35.5. The number of halogens is 1. The molecule has 0 atom stereocenters. The Labute approximate surface area is 73.5 Å². The molecule has 1 N–H and O–H groups in total. The van der Waals surface area contributed by atoms with Gasteiger partial charge >= 0.3 is 5.69 Å². The number of nitro groups is 1. The average molecular weight is 188 g/mol. The fraction of sp³-hybridized carbons (Fsp3) is 0.167. The van der Waals surface area contributed by atoms with Crippen LogP contribution in [0, 0.1) is 10.1 Å². The Morgan fingerprint density at radius 2 is 2.42 bits per heavy atom. The molecule has 0 aliphatic rings. The first-order chi connectivity index (χ1) is 5.66. The van der Waals surface area contributed by atoms with E-state index in [1.54, 1.807) is 7.05 Å². The lowest BCUT2D eigenvalue weighted by molar-refractivity contribution is -0.384. The monoisotopic (exact) mass is 187 g/mol. The van der Waals surface area contributed by atoms with Crippen LogP contribution in [0.2, 0.25) is 5.15 Å². The van der Waals surface area contributed by atoms with Gasteiger partial charge in [-0.3, -0.25) is 10.1 Å². The van der Waals surface area contributed by atoms with E-state index in [-0.39, 0.29) is 10.8 Å². The summed E-state index contributed by atoms with van der Waals surface area (Å²) in [6.07, 6.45) is 1.40. The minimum Gasteiger partial charge on any atom is -0.382 e. The fourth-order valence-electron chi connectivity index (χ4n) is 0.804. The van der Waals surface area contributed by atoms with E-state index in [1.807, 2.05) is 0 Å². The van der Waals surface area contributed by atoms with Gasteiger partial charge < -0.3 is 5.32 Å². The molecule has 0 fully saturated rings. The van der Waals surface area contributed by atoms with E-state index in [0.29, 0.717) is 5.69 Å². The Hall–Kier alpha value is -1.36. The zero-order chi connectivity index (χ0) is 9.14. The van der Waals surface area contributed by atoms with Crippen molar-refractivity contribution in [3.63, 3.8) is 0 Å². The van der Waals surface area contributed by atoms with Crippen molar-refractivity contribution in [3.8, 4) is 0 Å². The Bertz CT molecular complexity index is 316. The van der Waals surface area contributed by atoms with Gasteiger partial charge in [0.2, 0.25) is 5.15 Å². The molecule has 1 aromatic heterocycles. The minimum atomic E-state index is -0.568. The Kier molecular flexibility index (Phi) is 2.44. The predicted octanol–water partition coefficient (Wildman–Crippen LogP) is 1.68. The molecule has 0 aromatic carbocycles. The lowest BCUT2D eigenvalue weighted by atomic mass is 10.3. The molecule has 0 aliphatic carbocycles. The maximum atomic E-state index is 10.4. The predicted molar refractivity (Wildman–Crippen MR) is 45.4 cm³/mol. The number of hydrogen-bond donors (Lipinski definition) is 1. The molecular formula is C6H6ClN3O2. The summed E-state index contributed by atoms with van der Waals surface area (Å²) in [5.74, 6) is 0. The zero-order valence-electron chi connectivity index (χ0n) is 6.24. The van der Waals surface area contributed by atoms with Crippen LogP contribution in [0.1, 0.15) is 0 Å². The zero-order valence-corrected chi connectivity index (χ0v) is 7.00. The number of hydrogen-bond acceptors (Lipinski definition) is 4. The van der Waals surface area contributed by atoms with Crippen molar-refractivity contribution in [2.45, 2.75) is 0 Å².